The highest BCUT2D eigenvalue weighted by molar-refractivity contribution is 6.11. The normalized spacial score (nSPS) is 10.5. The number of carbonyl (C=O) groups excluding carboxylic acids is 2. The van der Waals surface area contributed by atoms with E-state index < -0.39 is 12.0 Å². The Balaban J connectivity index is 1.99. The third-order valence-electron chi connectivity index (χ3n) is 4.21. The molecular weight excluding hydrogens is 358 g/mol. The number of benzene rings is 3. The lowest BCUT2D eigenvalue weighted by atomic mass is 10.0. The number of amides is 2. The Bertz CT molecular complexity index is 1080. The lowest BCUT2D eigenvalue weighted by molar-refractivity contribution is -0.242. The van der Waals surface area contributed by atoms with E-state index in [2.05, 4.69) is 10.6 Å². The number of carboxylic acid groups (broad SMARTS) is 1. The predicted octanol–water partition coefficient (Wildman–Crippen LogP) is 1.59. The number of nitrogens with two attached hydrogens (primary N) is 2. The molecule has 0 aliphatic carbocycles. The Morgan fingerprint density at radius 3 is 2.29 bits per heavy atom. The van der Waals surface area contributed by atoms with E-state index >= 15 is 0 Å². The van der Waals surface area contributed by atoms with E-state index in [1.165, 1.54) is 6.07 Å². The van der Waals surface area contributed by atoms with Gasteiger partial charge in [0.15, 0.2) is 0 Å². The van der Waals surface area contributed by atoms with Gasteiger partial charge >= 0.3 is 0 Å². The number of hydrogen-bond donors (Lipinski definition) is 5. The summed E-state index contributed by atoms with van der Waals surface area (Å²) < 4.78 is 0. The van der Waals surface area contributed by atoms with Gasteiger partial charge in [-0.15, -0.1) is 0 Å². The second kappa shape index (κ2) is 7.77. The molecule has 8 nitrogen and oxygen atoms in total. The molecule has 0 heterocycles. The minimum atomic E-state index is -1.51. The van der Waals surface area contributed by atoms with Gasteiger partial charge in [0.2, 0.25) is 0 Å². The summed E-state index contributed by atoms with van der Waals surface area (Å²) in [6.45, 7) is 0.402. The molecule has 0 radical (unpaired) electrons. The van der Waals surface area contributed by atoms with Gasteiger partial charge in [-0.1, -0.05) is 24.3 Å². The van der Waals surface area contributed by atoms with Crippen LogP contribution in [0.25, 0.3) is 10.8 Å². The first kappa shape index (κ1) is 18.9. The highest BCUT2D eigenvalue weighted by Gasteiger charge is 2.12. The molecule has 0 saturated heterocycles. The Kier molecular flexibility index (Phi) is 5.23. The quantitative estimate of drug-likeness (QED) is 0.337. The van der Waals surface area contributed by atoms with Crippen LogP contribution in [-0.4, -0.2) is 17.8 Å². The summed E-state index contributed by atoms with van der Waals surface area (Å²) in [5.74, 6) is -0.552. The van der Waals surface area contributed by atoms with Crippen molar-refractivity contribution < 1.29 is 14.7 Å². The van der Waals surface area contributed by atoms with Crippen molar-refractivity contribution in [3.8, 4) is 0 Å². The maximum absolute atomic E-state index is 12.6. The third-order valence-corrected chi connectivity index (χ3v) is 4.21. The average molecular weight is 376 g/mol. The summed E-state index contributed by atoms with van der Waals surface area (Å²) in [5.41, 5.74) is 13.5. The van der Waals surface area contributed by atoms with Crippen molar-refractivity contribution in [2.24, 2.45) is 11.5 Å². The van der Waals surface area contributed by atoms with Gasteiger partial charge in [0.1, 0.15) is 11.9 Å². The fraction of sp³-hybridized carbons (Fsp3) is 0.0500. The summed E-state index contributed by atoms with van der Waals surface area (Å²) in [4.78, 5) is 23.7. The zero-order valence-corrected chi connectivity index (χ0v) is 14.8. The van der Waals surface area contributed by atoms with Gasteiger partial charge < -0.3 is 32.0 Å². The molecule has 0 unspecified atom stereocenters. The Morgan fingerprint density at radius 2 is 1.68 bits per heavy atom. The number of hydrogen-bond acceptors (Lipinski definition) is 5. The molecule has 0 spiro atoms. The van der Waals surface area contributed by atoms with Gasteiger partial charge in [0.05, 0.1) is 0 Å². The standard InChI is InChI=1S/C20H19N5O3/c21-10-11-1-5-15(6-2-11)24-19(26)14-7-12-3-4-13(18(22)23)8-16(12)17(9-14)25-20(27)28/h1-9,25H,10,21H2,(H3,22,23)(H,24,26)(H,27,28)/p-1. The van der Waals surface area contributed by atoms with Gasteiger partial charge in [0.25, 0.3) is 5.91 Å². The van der Waals surface area contributed by atoms with Gasteiger partial charge in [-0.05, 0) is 41.3 Å². The maximum atomic E-state index is 12.6. The molecule has 0 bridgehead atoms. The maximum Gasteiger partial charge on any atom is 0.255 e. The van der Waals surface area contributed by atoms with Crippen molar-refractivity contribution in [2.75, 3.05) is 10.6 Å². The van der Waals surface area contributed by atoms with Crippen LogP contribution in [0, 0.1) is 5.41 Å². The Hall–Kier alpha value is -3.91. The fourth-order valence-corrected chi connectivity index (χ4v) is 2.80. The van der Waals surface area contributed by atoms with Crippen LogP contribution in [0.1, 0.15) is 21.5 Å². The van der Waals surface area contributed by atoms with E-state index in [1.807, 2.05) is 12.1 Å². The van der Waals surface area contributed by atoms with Crippen molar-refractivity contribution in [3.63, 3.8) is 0 Å². The molecule has 142 valence electrons. The second-order valence-electron chi connectivity index (χ2n) is 6.14. The summed E-state index contributed by atoms with van der Waals surface area (Å²) in [6.07, 6.45) is -1.51. The molecule has 0 fully saturated rings. The van der Waals surface area contributed by atoms with Crippen LogP contribution in [0.15, 0.2) is 54.6 Å². The van der Waals surface area contributed by atoms with Crippen molar-refractivity contribution in [2.45, 2.75) is 6.54 Å². The summed E-state index contributed by atoms with van der Waals surface area (Å²) in [6, 6.07) is 15.0. The molecule has 0 aromatic heterocycles. The molecule has 0 atom stereocenters. The fourth-order valence-electron chi connectivity index (χ4n) is 2.80. The number of nitrogen functional groups attached to an aromatic ring is 1. The number of carbonyl (C=O) groups is 2. The summed E-state index contributed by atoms with van der Waals surface area (Å²) in [5, 5.41) is 24.7. The summed E-state index contributed by atoms with van der Waals surface area (Å²) in [7, 11) is 0. The van der Waals surface area contributed by atoms with E-state index in [1.54, 1.807) is 36.4 Å². The largest absolute Gasteiger partial charge is 0.530 e. The first-order valence-electron chi connectivity index (χ1n) is 8.38. The van der Waals surface area contributed by atoms with Crippen molar-refractivity contribution in [3.05, 3.63) is 71.3 Å². The highest BCUT2D eigenvalue weighted by Crippen LogP contribution is 2.27. The van der Waals surface area contributed by atoms with Crippen LogP contribution in [0.4, 0.5) is 16.2 Å². The van der Waals surface area contributed by atoms with Crippen molar-refractivity contribution >= 4 is 40.0 Å². The van der Waals surface area contributed by atoms with E-state index in [-0.39, 0.29) is 17.1 Å². The Morgan fingerprint density at radius 1 is 0.964 bits per heavy atom. The highest BCUT2D eigenvalue weighted by atomic mass is 16.4. The van der Waals surface area contributed by atoms with E-state index in [9.17, 15) is 14.7 Å². The van der Waals surface area contributed by atoms with E-state index in [0.29, 0.717) is 28.6 Å². The molecule has 3 aromatic carbocycles. The van der Waals surface area contributed by atoms with Crippen molar-refractivity contribution in [1.29, 1.82) is 5.41 Å². The number of rotatable bonds is 5. The Labute approximate surface area is 160 Å². The third kappa shape index (κ3) is 4.08. The number of amidine groups is 1. The monoisotopic (exact) mass is 376 g/mol. The van der Waals surface area contributed by atoms with Crippen molar-refractivity contribution in [1.82, 2.24) is 0 Å². The smallest absolute Gasteiger partial charge is 0.255 e. The molecule has 2 amide bonds. The molecule has 0 aliphatic heterocycles. The van der Waals surface area contributed by atoms with Gasteiger partial charge in [-0.2, -0.15) is 0 Å². The average Bonchev–Trinajstić information content (AvgIpc) is 2.67. The number of fused-ring (bicyclic) bond motifs is 1. The van der Waals surface area contributed by atoms with Crippen LogP contribution in [0.5, 0.6) is 0 Å². The van der Waals surface area contributed by atoms with Crippen LogP contribution >= 0.6 is 0 Å². The predicted molar refractivity (Wildman–Crippen MR) is 106 cm³/mol. The zero-order valence-electron chi connectivity index (χ0n) is 14.8. The van der Waals surface area contributed by atoms with Crippen LogP contribution in [-0.2, 0) is 6.54 Å². The van der Waals surface area contributed by atoms with Gasteiger partial charge in [0, 0.05) is 34.4 Å². The van der Waals surface area contributed by atoms with Crippen LogP contribution in [0.3, 0.4) is 0 Å². The zero-order chi connectivity index (χ0) is 20.3. The minimum absolute atomic E-state index is 0.149. The molecule has 0 aliphatic rings. The lowest BCUT2D eigenvalue weighted by Crippen LogP contribution is -2.29. The molecule has 0 saturated carbocycles. The van der Waals surface area contributed by atoms with Crippen LogP contribution < -0.4 is 27.2 Å². The molecule has 3 rings (SSSR count). The number of anilines is 2. The molecule has 28 heavy (non-hydrogen) atoms. The molecule has 3 aromatic rings. The summed E-state index contributed by atoms with van der Waals surface area (Å²) >= 11 is 0. The molecule has 7 N–H and O–H groups in total. The number of nitrogens with one attached hydrogen (secondary N) is 3. The van der Waals surface area contributed by atoms with Crippen LogP contribution in [0.2, 0.25) is 0 Å². The van der Waals surface area contributed by atoms with E-state index in [0.717, 1.165) is 5.56 Å². The first-order chi connectivity index (χ1) is 13.4. The molecular formula is C20H18N5O3-. The van der Waals surface area contributed by atoms with Gasteiger partial charge in [-0.3, -0.25) is 10.2 Å². The SMILES string of the molecule is N=C(N)c1ccc2cc(C(=O)Nc3ccc(CN)cc3)cc(NC(=O)[O-])c2c1. The minimum Gasteiger partial charge on any atom is -0.530 e. The van der Waals surface area contributed by atoms with E-state index in [4.69, 9.17) is 16.9 Å². The van der Waals surface area contributed by atoms with Gasteiger partial charge in [-0.25, -0.2) is 0 Å². The second-order valence-corrected chi connectivity index (χ2v) is 6.14. The lowest BCUT2D eigenvalue weighted by Gasteiger charge is -2.14. The first-order valence-corrected chi connectivity index (χ1v) is 8.38. The molecule has 8 heteroatoms. The topological polar surface area (TPSA) is 157 Å².